The fourth-order valence-electron chi connectivity index (χ4n) is 2.85. The Morgan fingerprint density at radius 1 is 1.26 bits per heavy atom. The standard InChI is InChI=1S/C14H20F2N2.ClH/c1-10-3-2-4-18(14(10)8-17)9-11-5-12(15)7-13(16)6-11;/h5-7,10,14H,2-4,8-9,17H2,1H3;1H. The first-order chi connectivity index (χ1) is 8.60. The van der Waals surface area contributed by atoms with Crippen LogP contribution in [0.15, 0.2) is 18.2 Å². The average molecular weight is 291 g/mol. The van der Waals surface area contributed by atoms with Crippen LogP contribution in [0.5, 0.6) is 0 Å². The summed E-state index contributed by atoms with van der Waals surface area (Å²) in [6.45, 7) is 4.31. The van der Waals surface area contributed by atoms with Crippen LogP contribution in [0.4, 0.5) is 8.78 Å². The number of likely N-dealkylation sites (tertiary alicyclic amines) is 1. The fourth-order valence-corrected chi connectivity index (χ4v) is 2.85. The maximum absolute atomic E-state index is 13.2. The average Bonchev–Trinajstić information content (AvgIpc) is 2.27. The summed E-state index contributed by atoms with van der Waals surface area (Å²) in [5, 5.41) is 0. The van der Waals surface area contributed by atoms with E-state index in [1.165, 1.54) is 18.6 Å². The minimum absolute atomic E-state index is 0. The van der Waals surface area contributed by atoms with Crippen LogP contribution in [-0.2, 0) is 6.54 Å². The van der Waals surface area contributed by atoms with E-state index in [2.05, 4.69) is 11.8 Å². The molecular weight excluding hydrogens is 270 g/mol. The van der Waals surface area contributed by atoms with Gasteiger partial charge in [0.2, 0.25) is 0 Å². The second-order valence-corrected chi connectivity index (χ2v) is 5.17. The molecule has 1 heterocycles. The normalized spacial score (nSPS) is 24.0. The summed E-state index contributed by atoms with van der Waals surface area (Å²) < 4.78 is 26.3. The van der Waals surface area contributed by atoms with Gasteiger partial charge in [0.1, 0.15) is 11.6 Å². The number of hydrogen-bond acceptors (Lipinski definition) is 2. The Morgan fingerprint density at radius 3 is 2.47 bits per heavy atom. The molecule has 1 aliphatic rings. The van der Waals surface area contributed by atoms with Gasteiger partial charge in [-0.3, -0.25) is 4.90 Å². The van der Waals surface area contributed by atoms with Crippen LogP contribution in [0, 0.1) is 17.6 Å². The van der Waals surface area contributed by atoms with E-state index < -0.39 is 11.6 Å². The van der Waals surface area contributed by atoms with Crippen molar-refractivity contribution in [2.45, 2.75) is 32.4 Å². The van der Waals surface area contributed by atoms with Crippen molar-refractivity contribution in [3.63, 3.8) is 0 Å². The SMILES string of the molecule is CC1CCCN(Cc2cc(F)cc(F)c2)C1CN.Cl. The number of benzene rings is 1. The summed E-state index contributed by atoms with van der Waals surface area (Å²) in [4.78, 5) is 2.24. The van der Waals surface area contributed by atoms with Crippen molar-refractivity contribution < 1.29 is 8.78 Å². The molecule has 2 nitrogen and oxygen atoms in total. The molecule has 1 saturated heterocycles. The quantitative estimate of drug-likeness (QED) is 0.927. The number of hydrogen-bond donors (Lipinski definition) is 1. The van der Waals surface area contributed by atoms with Crippen LogP contribution in [0.1, 0.15) is 25.3 Å². The molecule has 0 spiro atoms. The third-order valence-electron chi connectivity index (χ3n) is 3.78. The van der Waals surface area contributed by atoms with Gasteiger partial charge in [-0.25, -0.2) is 8.78 Å². The molecule has 2 rings (SSSR count). The van der Waals surface area contributed by atoms with Crippen molar-refractivity contribution in [3.05, 3.63) is 35.4 Å². The molecule has 0 radical (unpaired) electrons. The minimum Gasteiger partial charge on any atom is -0.329 e. The predicted molar refractivity (Wildman–Crippen MR) is 75.3 cm³/mol. The first-order valence-electron chi connectivity index (χ1n) is 6.49. The van der Waals surface area contributed by atoms with E-state index in [1.807, 2.05) is 0 Å². The van der Waals surface area contributed by atoms with Crippen LogP contribution >= 0.6 is 12.4 Å². The highest BCUT2D eigenvalue weighted by atomic mass is 35.5. The molecule has 108 valence electrons. The van der Waals surface area contributed by atoms with Crippen LogP contribution in [0.2, 0.25) is 0 Å². The lowest BCUT2D eigenvalue weighted by Gasteiger charge is -2.39. The van der Waals surface area contributed by atoms with E-state index in [0.717, 1.165) is 19.0 Å². The first-order valence-corrected chi connectivity index (χ1v) is 6.49. The van der Waals surface area contributed by atoms with Gasteiger partial charge < -0.3 is 5.73 Å². The summed E-state index contributed by atoms with van der Waals surface area (Å²) in [5.41, 5.74) is 6.49. The van der Waals surface area contributed by atoms with E-state index in [4.69, 9.17) is 5.73 Å². The van der Waals surface area contributed by atoms with Gasteiger partial charge in [-0.2, -0.15) is 0 Å². The van der Waals surface area contributed by atoms with Gasteiger partial charge in [-0.1, -0.05) is 6.92 Å². The molecule has 1 aromatic carbocycles. The Hall–Kier alpha value is -0.710. The fraction of sp³-hybridized carbons (Fsp3) is 0.571. The lowest BCUT2D eigenvalue weighted by molar-refractivity contribution is 0.0989. The zero-order valence-corrected chi connectivity index (χ0v) is 11.9. The van der Waals surface area contributed by atoms with E-state index in [9.17, 15) is 8.78 Å². The molecule has 2 unspecified atom stereocenters. The Kier molecular flexibility index (Phi) is 6.17. The van der Waals surface area contributed by atoms with Crippen molar-refractivity contribution in [3.8, 4) is 0 Å². The highest BCUT2D eigenvalue weighted by Gasteiger charge is 2.27. The maximum atomic E-state index is 13.2. The van der Waals surface area contributed by atoms with Crippen LogP contribution in [0.25, 0.3) is 0 Å². The second-order valence-electron chi connectivity index (χ2n) is 5.17. The number of nitrogens with zero attached hydrogens (tertiary/aromatic N) is 1. The van der Waals surface area contributed by atoms with Crippen molar-refractivity contribution in [1.82, 2.24) is 4.90 Å². The number of rotatable bonds is 3. The van der Waals surface area contributed by atoms with Crippen LogP contribution < -0.4 is 5.73 Å². The third kappa shape index (κ3) is 4.13. The van der Waals surface area contributed by atoms with Crippen molar-refractivity contribution in [2.75, 3.05) is 13.1 Å². The molecule has 2 atom stereocenters. The summed E-state index contributed by atoms with van der Waals surface area (Å²) in [5.74, 6) is -0.485. The largest absolute Gasteiger partial charge is 0.329 e. The maximum Gasteiger partial charge on any atom is 0.126 e. The Labute approximate surface area is 119 Å². The Morgan fingerprint density at radius 2 is 1.89 bits per heavy atom. The molecule has 19 heavy (non-hydrogen) atoms. The van der Waals surface area contributed by atoms with E-state index in [0.29, 0.717) is 30.6 Å². The third-order valence-corrected chi connectivity index (χ3v) is 3.78. The molecule has 1 fully saturated rings. The van der Waals surface area contributed by atoms with E-state index in [1.54, 1.807) is 0 Å². The van der Waals surface area contributed by atoms with Gasteiger partial charge in [-0.05, 0) is 43.0 Å². The molecule has 0 aromatic heterocycles. The predicted octanol–water partition coefficient (Wildman–Crippen LogP) is 2.95. The number of halogens is 3. The molecule has 1 aliphatic heterocycles. The summed E-state index contributed by atoms with van der Waals surface area (Å²) in [6, 6.07) is 4.01. The number of nitrogens with two attached hydrogens (primary N) is 1. The van der Waals surface area contributed by atoms with Gasteiger partial charge in [0, 0.05) is 25.2 Å². The van der Waals surface area contributed by atoms with Gasteiger partial charge in [-0.15, -0.1) is 12.4 Å². The molecular formula is C14H21ClF2N2. The summed E-state index contributed by atoms with van der Waals surface area (Å²) in [6.07, 6.45) is 2.30. The Bertz CT molecular complexity index is 394. The molecule has 0 bridgehead atoms. The van der Waals surface area contributed by atoms with Crippen molar-refractivity contribution >= 4 is 12.4 Å². The molecule has 0 aliphatic carbocycles. The van der Waals surface area contributed by atoms with E-state index in [-0.39, 0.29) is 12.4 Å². The monoisotopic (exact) mass is 290 g/mol. The molecule has 0 saturated carbocycles. The molecule has 5 heteroatoms. The summed E-state index contributed by atoms with van der Waals surface area (Å²) >= 11 is 0. The highest BCUT2D eigenvalue weighted by Crippen LogP contribution is 2.24. The van der Waals surface area contributed by atoms with Gasteiger partial charge in [0.25, 0.3) is 0 Å². The van der Waals surface area contributed by atoms with Crippen molar-refractivity contribution in [2.24, 2.45) is 11.7 Å². The molecule has 1 aromatic rings. The van der Waals surface area contributed by atoms with E-state index >= 15 is 0 Å². The second kappa shape index (κ2) is 7.17. The Balaban J connectivity index is 0.00000180. The van der Waals surface area contributed by atoms with Gasteiger partial charge >= 0.3 is 0 Å². The first kappa shape index (κ1) is 16.3. The number of piperidine rings is 1. The van der Waals surface area contributed by atoms with Crippen LogP contribution in [0.3, 0.4) is 0 Å². The lowest BCUT2D eigenvalue weighted by atomic mass is 9.90. The van der Waals surface area contributed by atoms with Gasteiger partial charge in [0.15, 0.2) is 0 Å². The molecule has 0 amide bonds. The minimum atomic E-state index is -0.514. The van der Waals surface area contributed by atoms with Crippen LogP contribution in [-0.4, -0.2) is 24.0 Å². The summed E-state index contributed by atoms with van der Waals surface area (Å²) in [7, 11) is 0. The smallest absolute Gasteiger partial charge is 0.126 e. The van der Waals surface area contributed by atoms with Crippen molar-refractivity contribution in [1.29, 1.82) is 0 Å². The molecule has 2 N–H and O–H groups in total. The highest BCUT2D eigenvalue weighted by molar-refractivity contribution is 5.85. The zero-order chi connectivity index (χ0) is 13.1. The zero-order valence-electron chi connectivity index (χ0n) is 11.1. The van der Waals surface area contributed by atoms with Gasteiger partial charge in [0.05, 0.1) is 0 Å². The topological polar surface area (TPSA) is 29.3 Å². The lowest BCUT2D eigenvalue weighted by Crippen LogP contribution is -2.48.